The summed E-state index contributed by atoms with van der Waals surface area (Å²) in [5.74, 6) is 0.811. The molecular formula is C28H28N2O2. The van der Waals surface area contributed by atoms with Gasteiger partial charge in [0.1, 0.15) is 12.4 Å². The summed E-state index contributed by atoms with van der Waals surface area (Å²) in [5.41, 5.74) is 8.70. The number of methoxy groups -OCH3 is 1. The van der Waals surface area contributed by atoms with E-state index in [0.717, 1.165) is 45.2 Å². The van der Waals surface area contributed by atoms with Crippen molar-refractivity contribution in [2.45, 2.75) is 27.4 Å². The molecule has 0 spiro atoms. The average Bonchev–Trinajstić information content (AvgIpc) is 3.17. The minimum Gasteiger partial charge on any atom is -0.497 e. The maximum Gasteiger partial charge on any atom is 0.142 e. The van der Waals surface area contributed by atoms with Crippen molar-refractivity contribution in [2.24, 2.45) is 5.16 Å². The summed E-state index contributed by atoms with van der Waals surface area (Å²) in [7, 11) is 1.66. The summed E-state index contributed by atoms with van der Waals surface area (Å²) in [5, 5.41) is 4.43. The Hall–Kier alpha value is -3.79. The minimum absolute atomic E-state index is 0.387. The van der Waals surface area contributed by atoms with Crippen molar-refractivity contribution in [3.63, 3.8) is 0 Å². The first kappa shape index (κ1) is 21.4. The highest BCUT2D eigenvalue weighted by Gasteiger charge is 2.17. The Morgan fingerprint density at radius 2 is 1.66 bits per heavy atom. The molecule has 0 bridgehead atoms. The number of aromatic nitrogens is 1. The number of ether oxygens (including phenoxy) is 1. The topological polar surface area (TPSA) is 35.8 Å². The Morgan fingerprint density at radius 1 is 0.875 bits per heavy atom. The van der Waals surface area contributed by atoms with Crippen LogP contribution in [0.3, 0.4) is 0 Å². The molecule has 0 aliphatic carbocycles. The van der Waals surface area contributed by atoms with Crippen LogP contribution in [0.25, 0.3) is 16.9 Å². The van der Waals surface area contributed by atoms with E-state index in [2.05, 4.69) is 78.2 Å². The molecule has 3 aromatic carbocycles. The second kappa shape index (κ2) is 9.56. The summed E-state index contributed by atoms with van der Waals surface area (Å²) in [6.45, 7) is 6.62. The Bertz CT molecular complexity index is 1240. The zero-order valence-electron chi connectivity index (χ0n) is 19.0. The van der Waals surface area contributed by atoms with E-state index in [9.17, 15) is 0 Å². The van der Waals surface area contributed by atoms with Gasteiger partial charge in [0.2, 0.25) is 0 Å². The first-order valence-electron chi connectivity index (χ1n) is 10.7. The zero-order valence-corrected chi connectivity index (χ0v) is 19.0. The Balaban J connectivity index is 1.68. The van der Waals surface area contributed by atoms with Crippen LogP contribution in [0.15, 0.2) is 90.1 Å². The first-order valence-corrected chi connectivity index (χ1v) is 10.7. The van der Waals surface area contributed by atoms with Gasteiger partial charge in [-0.1, -0.05) is 59.8 Å². The second-order valence-corrected chi connectivity index (χ2v) is 7.87. The van der Waals surface area contributed by atoms with Crippen molar-refractivity contribution in [1.82, 2.24) is 4.57 Å². The highest BCUT2D eigenvalue weighted by atomic mass is 16.6. The predicted octanol–water partition coefficient (Wildman–Crippen LogP) is 6.71. The number of hydrogen-bond donors (Lipinski definition) is 0. The van der Waals surface area contributed by atoms with E-state index in [4.69, 9.17) is 9.57 Å². The van der Waals surface area contributed by atoms with Crippen LogP contribution in [-0.4, -0.2) is 17.4 Å². The Kier molecular flexibility index (Phi) is 6.41. The molecule has 32 heavy (non-hydrogen) atoms. The first-order chi connectivity index (χ1) is 15.6. The van der Waals surface area contributed by atoms with Gasteiger partial charge in [-0.25, -0.2) is 0 Å². The minimum atomic E-state index is 0.387. The van der Waals surface area contributed by atoms with Gasteiger partial charge in [-0.2, -0.15) is 0 Å². The molecule has 0 radical (unpaired) electrons. The lowest BCUT2D eigenvalue weighted by Gasteiger charge is -2.13. The molecule has 0 unspecified atom stereocenters. The predicted molar refractivity (Wildman–Crippen MR) is 131 cm³/mol. The van der Waals surface area contributed by atoms with Gasteiger partial charge in [0.05, 0.1) is 18.5 Å². The van der Waals surface area contributed by atoms with Crippen LogP contribution in [0.1, 0.15) is 29.3 Å². The van der Waals surface area contributed by atoms with Gasteiger partial charge >= 0.3 is 0 Å². The molecule has 0 aliphatic rings. The van der Waals surface area contributed by atoms with Crippen molar-refractivity contribution >= 4 is 5.71 Å². The van der Waals surface area contributed by atoms with E-state index in [0.29, 0.717) is 6.61 Å². The van der Waals surface area contributed by atoms with Crippen LogP contribution >= 0.6 is 0 Å². The van der Waals surface area contributed by atoms with Crippen LogP contribution in [0, 0.1) is 13.8 Å². The fourth-order valence-electron chi connectivity index (χ4n) is 3.91. The number of hydrogen-bond acceptors (Lipinski definition) is 3. The number of aryl methyl sites for hydroxylation is 1. The van der Waals surface area contributed by atoms with Gasteiger partial charge in [0.25, 0.3) is 0 Å². The number of rotatable bonds is 7. The average molecular weight is 425 g/mol. The van der Waals surface area contributed by atoms with Crippen molar-refractivity contribution in [1.29, 1.82) is 0 Å². The Labute approximate surface area is 189 Å². The lowest BCUT2D eigenvalue weighted by molar-refractivity contribution is 0.130. The van der Waals surface area contributed by atoms with Crippen LogP contribution < -0.4 is 4.74 Å². The molecule has 1 heterocycles. The van der Waals surface area contributed by atoms with Gasteiger partial charge in [-0.05, 0) is 67.8 Å². The highest BCUT2D eigenvalue weighted by Crippen LogP contribution is 2.30. The van der Waals surface area contributed by atoms with E-state index >= 15 is 0 Å². The van der Waals surface area contributed by atoms with E-state index in [1.165, 1.54) is 5.56 Å². The summed E-state index contributed by atoms with van der Waals surface area (Å²) in [4.78, 5) is 5.69. The van der Waals surface area contributed by atoms with E-state index in [1.807, 2.05) is 37.3 Å². The third-order valence-electron chi connectivity index (χ3n) is 5.53. The molecular weight excluding hydrogens is 396 g/mol. The van der Waals surface area contributed by atoms with Crippen LogP contribution in [0.4, 0.5) is 0 Å². The van der Waals surface area contributed by atoms with E-state index in [-0.39, 0.29) is 0 Å². The normalized spacial score (nSPS) is 11.4. The third kappa shape index (κ3) is 4.59. The molecule has 4 rings (SSSR count). The molecule has 0 aliphatic heterocycles. The van der Waals surface area contributed by atoms with Crippen molar-refractivity contribution in [2.75, 3.05) is 7.11 Å². The molecule has 4 nitrogen and oxygen atoms in total. The fourth-order valence-corrected chi connectivity index (χ4v) is 3.91. The van der Waals surface area contributed by atoms with Crippen molar-refractivity contribution < 1.29 is 9.57 Å². The van der Waals surface area contributed by atoms with Crippen molar-refractivity contribution in [3.05, 3.63) is 107 Å². The lowest BCUT2D eigenvalue weighted by Crippen LogP contribution is -2.03. The molecule has 0 saturated heterocycles. The van der Waals surface area contributed by atoms with Gasteiger partial charge in [-0.15, -0.1) is 0 Å². The molecule has 0 amide bonds. The van der Waals surface area contributed by atoms with E-state index in [1.54, 1.807) is 7.11 Å². The van der Waals surface area contributed by atoms with E-state index < -0.39 is 0 Å². The summed E-state index contributed by atoms with van der Waals surface area (Å²) < 4.78 is 7.57. The molecule has 0 N–H and O–H groups in total. The quantitative estimate of drug-likeness (QED) is 0.244. The third-order valence-corrected chi connectivity index (χ3v) is 5.53. The highest BCUT2D eigenvalue weighted by molar-refractivity contribution is 6.01. The van der Waals surface area contributed by atoms with Crippen molar-refractivity contribution in [3.8, 4) is 22.7 Å². The zero-order chi connectivity index (χ0) is 22.5. The van der Waals surface area contributed by atoms with Crippen LogP contribution in [0.2, 0.25) is 0 Å². The van der Waals surface area contributed by atoms with Crippen LogP contribution in [-0.2, 0) is 11.4 Å². The number of nitrogens with zero attached hydrogens (tertiary/aromatic N) is 2. The molecule has 4 heteroatoms. The number of benzene rings is 3. The maximum atomic E-state index is 5.69. The lowest BCUT2D eigenvalue weighted by atomic mass is 10.1. The molecule has 0 fully saturated rings. The molecule has 1 aromatic heterocycles. The Morgan fingerprint density at radius 3 is 2.41 bits per heavy atom. The van der Waals surface area contributed by atoms with Gasteiger partial charge in [0, 0.05) is 16.9 Å². The summed E-state index contributed by atoms with van der Waals surface area (Å²) in [6.07, 6.45) is 0. The summed E-state index contributed by atoms with van der Waals surface area (Å²) in [6, 6.07) is 29.0. The largest absolute Gasteiger partial charge is 0.497 e. The molecule has 162 valence electrons. The standard InChI is InChI=1S/C28H28N2O2/c1-20-10-8-14-25(16-20)30-22(3)27(18-28(30)24-12-6-5-7-13-24)21(2)29-32-19-23-11-9-15-26(17-23)31-4/h5-18H,19H2,1-4H3/b29-21-. The molecule has 0 atom stereocenters. The van der Waals surface area contributed by atoms with Gasteiger partial charge < -0.3 is 14.1 Å². The fraction of sp³-hybridized carbons (Fsp3) is 0.179. The molecule has 4 aromatic rings. The second-order valence-electron chi connectivity index (χ2n) is 7.87. The molecule has 0 saturated carbocycles. The maximum absolute atomic E-state index is 5.69. The summed E-state index contributed by atoms with van der Waals surface area (Å²) >= 11 is 0. The van der Waals surface area contributed by atoms with Gasteiger partial charge in [0.15, 0.2) is 0 Å². The smallest absolute Gasteiger partial charge is 0.142 e. The van der Waals surface area contributed by atoms with Gasteiger partial charge in [-0.3, -0.25) is 0 Å². The SMILES string of the molecule is COc1cccc(CO/N=C(/C)c2cc(-c3ccccc3)n(-c3cccc(C)c3)c2C)c1. The van der Waals surface area contributed by atoms with Crippen LogP contribution in [0.5, 0.6) is 5.75 Å². The number of oxime groups is 1. The monoisotopic (exact) mass is 424 g/mol.